The Morgan fingerprint density at radius 2 is 1.76 bits per heavy atom. The van der Waals surface area contributed by atoms with Crippen LogP contribution in [0.3, 0.4) is 0 Å². The standard InChI is InChI=1S/C22H23N5O5S2/c1-4-26(5-2)20(29)12-33-22-25-17-8-6-15(11-19(17)34-22)24-21(30)16-10-14(23-13(3)28)7-9-18(16)27(31)32/h6-11H,4-5,12H2,1-3H3,(H,23,28)(H,24,30). The molecule has 0 radical (unpaired) electrons. The molecule has 3 aromatic rings. The van der Waals surface area contributed by atoms with Gasteiger partial charge in [0, 0.05) is 37.5 Å². The van der Waals surface area contributed by atoms with Gasteiger partial charge in [-0.15, -0.1) is 11.3 Å². The van der Waals surface area contributed by atoms with Crippen LogP contribution in [0.25, 0.3) is 10.2 Å². The third-order valence-corrected chi connectivity index (χ3v) is 6.97. The molecule has 1 aromatic heterocycles. The van der Waals surface area contributed by atoms with E-state index >= 15 is 0 Å². The summed E-state index contributed by atoms with van der Waals surface area (Å²) >= 11 is 2.76. The number of nitrogens with one attached hydrogen (secondary N) is 2. The number of amides is 3. The number of hydrogen-bond acceptors (Lipinski definition) is 8. The number of nitro benzene ring substituents is 1. The number of carbonyl (C=O) groups excluding carboxylic acids is 3. The molecule has 3 rings (SSSR count). The summed E-state index contributed by atoms with van der Waals surface area (Å²) in [7, 11) is 0. The Kier molecular flexibility index (Phi) is 8.18. The molecule has 1 heterocycles. The molecule has 0 bridgehead atoms. The zero-order chi connectivity index (χ0) is 24.8. The maximum atomic E-state index is 12.8. The van der Waals surface area contributed by atoms with E-state index in [1.54, 1.807) is 23.1 Å². The summed E-state index contributed by atoms with van der Waals surface area (Å²) in [5, 5.41) is 16.6. The van der Waals surface area contributed by atoms with Crippen LogP contribution in [-0.4, -0.2) is 51.4 Å². The lowest BCUT2D eigenvalue weighted by Gasteiger charge is -2.17. The van der Waals surface area contributed by atoms with Crippen LogP contribution in [0.5, 0.6) is 0 Å². The lowest BCUT2D eigenvalue weighted by atomic mass is 10.1. The van der Waals surface area contributed by atoms with Gasteiger partial charge in [-0.3, -0.25) is 24.5 Å². The minimum atomic E-state index is -0.679. The predicted octanol–water partition coefficient (Wildman–Crippen LogP) is 4.38. The molecule has 0 spiro atoms. The number of aromatic nitrogens is 1. The molecule has 0 saturated carbocycles. The molecule has 0 fully saturated rings. The van der Waals surface area contributed by atoms with Gasteiger partial charge in [-0.2, -0.15) is 0 Å². The second-order valence-corrected chi connectivity index (χ2v) is 9.39. The van der Waals surface area contributed by atoms with Gasteiger partial charge in [0.1, 0.15) is 5.56 Å². The summed E-state index contributed by atoms with van der Waals surface area (Å²) < 4.78 is 1.54. The second kappa shape index (κ2) is 11.1. The number of benzene rings is 2. The molecule has 178 valence electrons. The SMILES string of the molecule is CCN(CC)C(=O)CSc1nc2ccc(NC(=O)c3cc(NC(C)=O)ccc3[N+](=O)[O-])cc2s1. The molecule has 12 heteroatoms. The van der Waals surface area contributed by atoms with Crippen LogP contribution in [0.1, 0.15) is 31.1 Å². The molecule has 3 amide bonds. The van der Waals surface area contributed by atoms with Crippen LogP contribution in [0.4, 0.5) is 17.1 Å². The van der Waals surface area contributed by atoms with Gasteiger partial charge >= 0.3 is 0 Å². The monoisotopic (exact) mass is 501 g/mol. The first-order chi connectivity index (χ1) is 16.2. The first-order valence-corrected chi connectivity index (χ1v) is 12.2. The van der Waals surface area contributed by atoms with Crippen molar-refractivity contribution in [3.8, 4) is 0 Å². The minimum Gasteiger partial charge on any atom is -0.343 e. The molecule has 2 N–H and O–H groups in total. The zero-order valence-electron chi connectivity index (χ0n) is 18.8. The Morgan fingerprint density at radius 3 is 2.41 bits per heavy atom. The maximum Gasteiger partial charge on any atom is 0.282 e. The summed E-state index contributed by atoms with van der Waals surface area (Å²) in [4.78, 5) is 53.4. The third kappa shape index (κ3) is 6.08. The molecule has 0 aliphatic rings. The Bertz CT molecular complexity index is 1260. The number of nitro groups is 1. The van der Waals surface area contributed by atoms with E-state index in [4.69, 9.17) is 0 Å². The average molecular weight is 502 g/mol. The van der Waals surface area contributed by atoms with Crippen molar-refractivity contribution in [1.82, 2.24) is 9.88 Å². The van der Waals surface area contributed by atoms with Crippen LogP contribution >= 0.6 is 23.1 Å². The molecule has 34 heavy (non-hydrogen) atoms. The number of fused-ring (bicyclic) bond motifs is 1. The van der Waals surface area contributed by atoms with Gasteiger partial charge in [0.2, 0.25) is 11.8 Å². The molecular weight excluding hydrogens is 478 g/mol. The highest BCUT2D eigenvalue weighted by atomic mass is 32.2. The number of thiazole rings is 1. The van der Waals surface area contributed by atoms with E-state index in [1.807, 2.05) is 13.8 Å². The van der Waals surface area contributed by atoms with Crippen molar-refractivity contribution in [2.45, 2.75) is 25.1 Å². The van der Waals surface area contributed by atoms with Gasteiger partial charge in [-0.25, -0.2) is 4.98 Å². The van der Waals surface area contributed by atoms with Gasteiger partial charge in [0.05, 0.1) is 20.9 Å². The first kappa shape index (κ1) is 25.1. The van der Waals surface area contributed by atoms with Gasteiger partial charge < -0.3 is 15.5 Å². The number of rotatable bonds is 9. The summed E-state index contributed by atoms with van der Waals surface area (Å²) in [6.07, 6.45) is 0. The summed E-state index contributed by atoms with van der Waals surface area (Å²) in [5.41, 5.74) is 0.895. The number of thioether (sulfide) groups is 1. The van der Waals surface area contributed by atoms with E-state index in [1.165, 1.54) is 48.2 Å². The minimum absolute atomic E-state index is 0.0466. The maximum absolute atomic E-state index is 12.8. The highest BCUT2D eigenvalue weighted by Crippen LogP contribution is 2.32. The lowest BCUT2D eigenvalue weighted by molar-refractivity contribution is -0.385. The fourth-order valence-corrected chi connectivity index (χ4v) is 5.20. The van der Waals surface area contributed by atoms with Crippen molar-refractivity contribution in [2.24, 2.45) is 0 Å². The van der Waals surface area contributed by atoms with E-state index in [-0.39, 0.29) is 28.8 Å². The fourth-order valence-electron chi connectivity index (χ4n) is 3.19. The fraction of sp³-hybridized carbons (Fsp3) is 0.273. The van der Waals surface area contributed by atoms with E-state index in [0.717, 1.165) is 14.6 Å². The first-order valence-electron chi connectivity index (χ1n) is 10.4. The Hall–Kier alpha value is -3.51. The Labute approximate surface area is 203 Å². The summed E-state index contributed by atoms with van der Waals surface area (Å²) in [6, 6.07) is 8.92. The topological polar surface area (TPSA) is 135 Å². The number of hydrogen-bond donors (Lipinski definition) is 2. The quantitative estimate of drug-likeness (QED) is 0.252. The largest absolute Gasteiger partial charge is 0.343 e. The highest BCUT2D eigenvalue weighted by Gasteiger charge is 2.21. The molecule has 0 saturated heterocycles. The molecular formula is C22H23N5O5S2. The van der Waals surface area contributed by atoms with E-state index in [9.17, 15) is 24.5 Å². The van der Waals surface area contributed by atoms with E-state index in [2.05, 4.69) is 15.6 Å². The normalized spacial score (nSPS) is 10.7. The third-order valence-electron chi connectivity index (χ3n) is 4.82. The van der Waals surface area contributed by atoms with E-state index in [0.29, 0.717) is 24.5 Å². The van der Waals surface area contributed by atoms with Crippen LogP contribution in [0.15, 0.2) is 40.7 Å². The van der Waals surface area contributed by atoms with Crippen molar-refractivity contribution in [2.75, 3.05) is 29.5 Å². The summed E-state index contributed by atoms with van der Waals surface area (Å²) in [5.74, 6) is -0.699. The van der Waals surface area contributed by atoms with Crippen molar-refractivity contribution < 1.29 is 19.3 Å². The van der Waals surface area contributed by atoms with Crippen LogP contribution in [0, 0.1) is 10.1 Å². The average Bonchev–Trinajstić information content (AvgIpc) is 3.20. The van der Waals surface area contributed by atoms with Gasteiger partial charge in [0.15, 0.2) is 4.34 Å². The molecule has 0 unspecified atom stereocenters. The predicted molar refractivity (Wildman–Crippen MR) is 134 cm³/mol. The lowest BCUT2D eigenvalue weighted by Crippen LogP contribution is -2.31. The summed E-state index contributed by atoms with van der Waals surface area (Å²) in [6.45, 7) is 6.49. The zero-order valence-corrected chi connectivity index (χ0v) is 20.4. The van der Waals surface area contributed by atoms with Gasteiger partial charge in [0.25, 0.3) is 11.6 Å². The Balaban J connectivity index is 1.77. The number of anilines is 2. The van der Waals surface area contributed by atoms with Crippen molar-refractivity contribution in [3.05, 3.63) is 52.1 Å². The molecule has 0 atom stereocenters. The number of carbonyl (C=O) groups is 3. The molecule has 10 nitrogen and oxygen atoms in total. The second-order valence-electron chi connectivity index (χ2n) is 7.14. The van der Waals surface area contributed by atoms with Gasteiger partial charge in [-0.05, 0) is 44.2 Å². The van der Waals surface area contributed by atoms with Crippen LogP contribution in [0.2, 0.25) is 0 Å². The highest BCUT2D eigenvalue weighted by molar-refractivity contribution is 8.01. The van der Waals surface area contributed by atoms with Crippen LogP contribution < -0.4 is 10.6 Å². The number of nitrogens with zero attached hydrogens (tertiary/aromatic N) is 3. The van der Waals surface area contributed by atoms with Crippen molar-refractivity contribution in [1.29, 1.82) is 0 Å². The molecule has 0 aliphatic carbocycles. The van der Waals surface area contributed by atoms with E-state index < -0.39 is 10.8 Å². The molecule has 0 aliphatic heterocycles. The van der Waals surface area contributed by atoms with Crippen LogP contribution in [-0.2, 0) is 9.59 Å². The smallest absolute Gasteiger partial charge is 0.282 e. The van der Waals surface area contributed by atoms with Crippen molar-refractivity contribution >= 4 is 68.1 Å². The Morgan fingerprint density at radius 1 is 1.09 bits per heavy atom. The van der Waals surface area contributed by atoms with Gasteiger partial charge in [-0.1, -0.05) is 11.8 Å². The molecule has 2 aromatic carbocycles. The van der Waals surface area contributed by atoms with Crippen molar-refractivity contribution in [3.63, 3.8) is 0 Å².